The Morgan fingerprint density at radius 3 is 2.76 bits per heavy atom. The molecule has 0 saturated heterocycles. The zero-order valence-electron chi connectivity index (χ0n) is 11.6. The second-order valence-corrected chi connectivity index (χ2v) is 4.85. The predicted octanol–water partition coefficient (Wildman–Crippen LogP) is -0.338. The fraction of sp³-hybridized carbons (Fsp3) is 0.133. The van der Waals surface area contributed by atoms with E-state index in [2.05, 4.69) is 4.99 Å². The summed E-state index contributed by atoms with van der Waals surface area (Å²) in [5.41, 5.74) is 2.66. The summed E-state index contributed by atoms with van der Waals surface area (Å²) in [6.45, 7) is 1.96. The molecule has 0 atom stereocenters. The van der Waals surface area contributed by atoms with Crippen molar-refractivity contribution < 1.29 is 26.9 Å². The molecule has 1 aromatic rings. The Labute approximate surface area is 133 Å². The predicted molar refractivity (Wildman–Crippen MR) is 79.3 cm³/mol. The lowest BCUT2D eigenvalue weighted by atomic mass is 10.1. The van der Waals surface area contributed by atoms with E-state index in [0.29, 0.717) is 22.3 Å². The van der Waals surface area contributed by atoms with Gasteiger partial charge in [0.1, 0.15) is 5.03 Å². The van der Waals surface area contributed by atoms with Crippen LogP contribution < -0.4 is 22.5 Å². The molecule has 0 fully saturated rings. The highest BCUT2D eigenvalue weighted by Gasteiger charge is 2.23. The molecule has 1 aromatic heterocycles. The van der Waals surface area contributed by atoms with E-state index in [9.17, 15) is 0 Å². The number of nitrogens with two attached hydrogens (primary N) is 1. The number of aliphatic imine (C=N–C) groups is 1. The molecule has 0 spiro atoms. The maximum atomic E-state index is 6.14. The number of rotatable bonds is 3. The van der Waals surface area contributed by atoms with Gasteiger partial charge in [-0.15, -0.1) is 0 Å². The van der Waals surface area contributed by atoms with E-state index in [0.717, 1.165) is 17.0 Å². The molecule has 0 amide bonds. The highest BCUT2D eigenvalue weighted by Crippen LogP contribution is 2.35. The van der Waals surface area contributed by atoms with Crippen LogP contribution in [0.25, 0.3) is 11.3 Å². The van der Waals surface area contributed by atoms with E-state index in [-0.39, 0.29) is 12.4 Å². The van der Waals surface area contributed by atoms with Gasteiger partial charge in [0.15, 0.2) is 23.0 Å². The highest BCUT2D eigenvalue weighted by molar-refractivity contribution is 6.34. The summed E-state index contributed by atoms with van der Waals surface area (Å²) in [5, 5.41) is 2.58. The lowest BCUT2D eigenvalue weighted by molar-refractivity contribution is -0.484. The van der Waals surface area contributed by atoms with E-state index in [1.165, 1.54) is 0 Å². The van der Waals surface area contributed by atoms with Gasteiger partial charge < -0.3 is 21.6 Å². The zero-order valence-corrected chi connectivity index (χ0v) is 13.1. The van der Waals surface area contributed by atoms with E-state index in [1.54, 1.807) is 13.3 Å². The Bertz CT molecular complexity index is 695. The number of allylic oxidation sites excluding steroid dienone is 5. The van der Waals surface area contributed by atoms with Crippen LogP contribution in [0.4, 0.5) is 0 Å². The van der Waals surface area contributed by atoms with Gasteiger partial charge in [0, 0.05) is 23.9 Å². The molecule has 0 saturated carbocycles. The first-order chi connectivity index (χ1) is 9.70. The van der Waals surface area contributed by atoms with E-state index in [1.807, 2.05) is 42.7 Å². The molecular formula is C15H14Cl2N2O2. The molecule has 110 valence electrons. The van der Waals surface area contributed by atoms with Crippen LogP contribution in [-0.2, 0) is 0 Å². The van der Waals surface area contributed by atoms with Crippen molar-refractivity contribution in [2.45, 2.75) is 6.92 Å². The lowest BCUT2D eigenvalue weighted by Gasteiger charge is -2.02. The zero-order chi connectivity index (χ0) is 14.1. The minimum absolute atomic E-state index is 0. The highest BCUT2D eigenvalue weighted by atomic mass is 35.5. The number of ether oxygens (including phenoxy) is 1. The second-order valence-electron chi connectivity index (χ2n) is 4.44. The minimum Gasteiger partial charge on any atom is -1.00 e. The smallest absolute Gasteiger partial charge is 0.196 e. The van der Waals surface area contributed by atoms with Crippen LogP contribution in [0.5, 0.6) is 5.75 Å². The first kappa shape index (κ1) is 15.6. The lowest BCUT2D eigenvalue weighted by Crippen LogP contribution is -3.00. The number of quaternary nitrogens is 1. The van der Waals surface area contributed by atoms with Crippen LogP contribution in [-0.4, -0.2) is 13.3 Å². The van der Waals surface area contributed by atoms with Crippen LogP contribution in [0.1, 0.15) is 18.4 Å². The van der Waals surface area contributed by atoms with Gasteiger partial charge >= 0.3 is 0 Å². The van der Waals surface area contributed by atoms with Crippen LogP contribution in [0.2, 0.25) is 0 Å². The third-order valence-corrected chi connectivity index (χ3v) is 3.55. The Hall–Kier alpha value is -1.75. The molecule has 2 aliphatic rings. The van der Waals surface area contributed by atoms with Crippen molar-refractivity contribution in [2.24, 2.45) is 4.99 Å². The number of hydrogen-bond acceptors (Lipinski definition) is 3. The minimum atomic E-state index is 0. The summed E-state index contributed by atoms with van der Waals surface area (Å²) in [7, 11) is 1.62. The largest absolute Gasteiger partial charge is 1.00 e. The van der Waals surface area contributed by atoms with Gasteiger partial charge in [-0.25, -0.2) is 0 Å². The maximum absolute atomic E-state index is 6.14. The van der Waals surface area contributed by atoms with Crippen LogP contribution in [0.3, 0.4) is 0 Å². The SMILES string of the molecule is COc1cc(C2=C(Cl)C=C[NH2+]2)oc1/C(C)=C1/C=CC=N1.[Cl-]. The molecule has 4 nitrogen and oxygen atoms in total. The van der Waals surface area contributed by atoms with Crippen LogP contribution in [0.15, 0.2) is 50.6 Å². The summed E-state index contributed by atoms with van der Waals surface area (Å²) in [6.07, 6.45) is 9.31. The molecular weight excluding hydrogens is 311 g/mol. The quantitative estimate of drug-likeness (QED) is 0.827. The van der Waals surface area contributed by atoms with Gasteiger partial charge in [0.25, 0.3) is 0 Å². The van der Waals surface area contributed by atoms with Crippen molar-refractivity contribution in [3.63, 3.8) is 0 Å². The van der Waals surface area contributed by atoms with Gasteiger partial charge in [0.2, 0.25) is 0 Å². The number of halogens is 2. The van der Waals surface area contributed by atoms with Crippen molar-refractivity contribution in [2.75, 3.05) is 7.11 Å². The Morgan fingerprint density at radius 1 is 1.38 bits per heavy atom. The molecule has 3 heterocycles. The normalized spacial score (nSPS) is 18.4. The summed E-state index contributed by atoms with van der Waals surface area (Å²) in [5.74, 6) is 2.05. The molecule has 6 heteroatoms. The van der Waals surface area contributed by atoms with Crippen molar-refractivity contribution in [3.8, 4) is 5.75 Å². The van der Waals surface area contributed by atoms with E-state index < -0.39 is 0 Å². The van der Waals surface area contributed by atoms with Crippen molar-refractivity contribution >= 4 is 29.1 Å². The summed E-state index contributed by atoms with van der Waals surface area (Å²) in [4.78, 5) is 4.28. The van der Waals surface area contributed by atoms with Crippen molar-refractivity contribution in [1.29, 1.82) is 0 Å². The first-order valence-electron chi connectivity index (χ1n) is 6.22. The maximum Gasteiger partial charge on any atom is 0.196 e. The molecule has 3 rings (SSSR count). The molecule has 0 unspecified atom stereocenters. The third-order valence-electron chi connectivity index (χ3n) is 3.22. The van der Waals surface area contributed by atoms with Gasteiger partial charge in [-0.3, -0.25) is 10.3 Å². The van der Waals surface area contributed by atoms with Gasteiger partial charge in [-0.2, -0.15) is 0 Å². The molecule has 21 heavy (non-hydrogen) atoms. The van der Waals surface area contributed by atoms with Crippen LogP contribution >= 0.6 is 11.6 Å². The van der Waals surface area contributed by atoms with Crippen LogP contribution in [0, 0.1) is 0 Å². The first-order valence-corrected chi connectivity index (χ1v) is 6.60. The van der Waals surface area contributed by atoms with Gasteiger partial charge in [-0.05, 0) is 19.1 Å². The monoisotopic (exact) mass is 324 g/mol. The van der Waals surface area contributed by atoms with Gasteiger partial charge in [-0.1, -0.05) is 11.6 Å². The molecule has 0 aromatic carbocycles. The second kappa shape index (κ2) is 6.35. The summed E-state index contributed by atoms with van der Waals surface area (Å²) < 4.78 is 11.3. The average molecular weight is 325 g/mol. The summed E-state index contributed by atoms with van der Waals surface area (Å²) >= 11 is 6.14. The Balaban J connectivity index is 0.00000161. The Kier molecular flexibility index (Phi) is 4.73. The standard InChI is InChI=1S/C15H13ClN2O2.ClH/c1-9(11-4-3-6-17-11)15-13(19-2)8-12(20-15)14-10(16)5-7-18-14;/h3-8,18H,1-2H3;1H/b11-9-;. The molecule has 0 bridgehead atoms. The fourth-order valence-electron chi connectivity index (χ4n) is 2.16. The Morgan fingerprint density at radius 2 is 2.19 bits per heavy atom. The summed E-state index contributed by atoms with van der Waals surface area (Å²) in [6, 6.07) is 1.85. The molecule has 0 radical (unpaired) electrons. The van der Waals surface area contributed by atoms with E-state index >= 15 is 0 Å². The van der Waals surface area contributed by atoms with Gasteiger partial charge in [0.05, 0.1) is 19.0 Å². The molecule has 0 aliphatic carbocycles. The van der Waals surface area contributed by atoms with Crippen molar-refractivity contribution in [3.05, 3.63) is 52.7 Å². The average Bonchev–Trinajstić information content (AvgIpc) is 3.17. The third kappa shape index (κ3) is 2.83. The number of nitrogens with zero attached hydrogens (tertiary/aromatic N) is 1. The number of hydrogen-bond donors (Lipinski definition) is 1. The fourth-order valence-corrected chi connectivity index (χ4v) is 2.39. The molecule has 2 aliphatic heterocycles. The topological polar surface area (TPSA) is 51.3 Å². The van der Waals surface area contributed by atoms with E-state index in [4.69, 9.17) is 20.8 Å². The van der Waals surface area contributed by atoms with Crippen molar-refractivity contribution in [1.82, 2.24) is 0 Å². The number of furan rings is 1. The number of methoxy groups -OCH3 is 1. The molecule has 2 N–H and O–H groups in total.